The molecule has 0 unspecified atom stereocenters. The van der Waals surface area contributed by atoms with Crippen LogP contribution in [0.3, 0.4) is 0 Å². The number of fused-ring (bicyclic) bond motifs is 1. The Balaban J connectivity index is 2.07. The van der Waals surface area contributed by atoms with E-state index in [-0.39, 0.29) is 5.92 Å². The molecule has 3 aromatic rings. The minimum absolute atomic E-state index is 0.287. The molecule has 0 saturated heterocycles. The van der Waals surface area contributed by atoms with Crippen LogP contribution in [0, 0.1) is 5.92 Å². The highest BCUT2D eigenvalue weighted by Crippen LogP contribution is 2.23. The molecule has 2 heterocycles. The second kappa shape index (κ2) is 7.00. The third-order valence-electron chi connectivity index (χ3n) is 3.24. The molecule has 0 atom stereocenters. The van der Waals surface area contributed by atoms with Gasteiger partial charge in [0.05, 0.1) is 5.39 Å². The molecule has 0 radical (unpaired) electrons. The summed E-state index contributed by atoms with van der Waals surface area (Å²) in [5, 5.41) is 3.88. The van der Waals surface area contributed by atoms with Gasteiger partial charge in [0.1, 0.15) is 12.4 Å². The Hall–Kier alpha value is -2.41. The second-order valence-electron chi connectivity index (χ2n) is 5.74. The Kier molecular flexibility index (Phi) is 4.80. The SMILES string of the molecule is CC(C)COn1c(=O)nc(Nc2cccc(Br)c2)c2cccnc21. The molecule has 0 amide bonds. The largest absolute Gasteiger partial charge is 0.407 e. The van der Waals surface area contributed by atoms with Crippen LogP contribution in [0.1, 0.15) is 13.8 Å². The monoisotopic (exact) mass is 388 g/mol. The van der Waals surface area contributed by atoms with E-state index in [1.165, 1.54) is 0 Å². The van der Waals surface area contributed by atoms with Gasteiger partial charge in [-0.3, -0.25) is 0 Å². The standard InChI is InChI=1S/C17H17BrN4O2/c1-11(2)10-24-22-16-14(7-4-8-19-16)15(21-17(22)23)20-13-6-3-5-12(18)9-13/h3-9,11H,10H2,1-2H3,(H,20,21,23). The Morgan fingerprint density at radius 1 is 1.29 bits per heavy atom. The van der Waals surface area contributed by atoms with Crippen molar-refractivity contribution in [2.45, 2.75) is 13.8 Å². The zero-order valence-corrected chi connectivity index (χ0v) is 14.9. The van der Waals surface area contributed by atoms with E-state index in [4.69, 9.17) is 4.84 Å². The number of aromatic nitrogens is 3. The Bertz CT molecular complexity index is 924. The Labute approximate surface area is 147 Å². The topological polar surface area (TPSA) is 69.0 Å². The van der Waals surface area contributed by atoms with Crippen LogP contribution in [0.25, 0.3) is 11.0 Å². The molecule has 0 aliphatic carbocycles. The molecular formula is C17H17BrN4O2. The zero-order valence-electron chi connectivity index (χ0n) is 13.4. The predicted molar refractivity (Wildman–Crippen MR) is 97.5 cm³/mol. The van der Waals surface area contributed by atoms with Gasteiger partial charge in [0.2, 0.25) is 0 Å². The molecule has 6 nitrogen and oxygen atoms in total. The van der Waals surface area contributed by atoms with Gasteiger partial charge in [-0.2, -0.15) is 4.98 Å². The number of hydrogen-bond acceptors (Lipinski definition) is 5. The molecule has 0 aliphatic heterocycles. The maximum atomic E-state index is 12.4. The van der Waals surface area contributed by atoms with Crippen LogP contribution in [0.2, 0.25) is 0 Å². The molecule has 1 N–H and O–H groups in total. The fraction of sp³-hybridized carbons (Fsp3) is 0.235. The minimum atomic E-state index is -0.501. The van der Waals surface area contributed by atoms with E-state index in [1.54, 1.807) is 12.3 Å². The number of pyridine rings is 1. The van der Waals surface area contributed by atoms with E-state index in [9.17, 15) is 4.79 Å². The van der Waals surface area contributed by atoms with Gasteiger partial charge in [-0.25, -0.2) is 9.78 Å². The predicted octanol–water partition coefficient (Wildman–Crippen LogP) is 3.38. The fourth-order valence-corrected chi connectivity index (χ4v) is 2.57. The summed E-state index contributed by atoms with van der Waals surface area (Å²) in [6, 6.07) is 11.3. The summed E-state index contributed by atoms with van der Waals surface area (Å²) in [4.78, 5) is 26.3. The van der Waals surface area contributed by atoms with Crippen molar-refractivity contribution in [2.24, 2.45) is 5.92 Å². The van der Waals surface area contributed by atoms with Crippen molar-refractivity contribution < 1.29 is 4.84 Å². The zero-order chi connectivity index (χ0) is 17.1. The minimum Gasteiger partial charge on any atom is -0.407 e. The first-order chi connectivity index (χ1) is 11.5. The number of rotatable bonds is 5. The second-order valence-corrected chi connectivity index (χ2v) is 6.65. The van der Waals surface area contributed by atoms with E-state index >= 15 is 0 Å². The summed E-state index contributed by atoms with van der Waals surface area (Å²) < 4.78 is 2.09. The highest BCUT2D eigenvalue weighted by atomic mass is 79.9. The number of nitrogens with zero attached hydrogens (tertiary/aromatic N) is 3. The fourth-order valence-electron chi connectivity index (χ4n) is 2.17. The van der Waals surface area contributed by atoms with E-state index < -0.39 is 5.69 Å². The number of anilines is 2. The van der Waals surface area contributed by atoms with Crippen LogP contribution >= 0.6 is 15.9 Å². The van der Waals surface area contributed by atoms with E-state index in [0.717, 1.165) is 14.9 Å². The number of benzene rings is 1. The van der Waals surface area contributed by atoms with Crippen molar-refractivity contribution in [3.63, 3.8) is 0 Å². The van der Waals surface area contributed by atoms with Crippen molar-refractivity contribution >= 4 is 38.5 Å². The van der Waals surface area contributed by atoms with Crippen LogP contribution in [0.4, 0.5) is 11.5 Å². The summed E-state index contributed by atoms with van der Waals surface area (Å²) in [5.41, 5.74) is 0.761. The number of hydrogen-bond donors (Lipinski definition) is 1. The highest BCUT2D eigenvalue weighted by Gasteiger charge is 2.13. The van der Waals surface area contributed by atoms with Gasteiger partial charge >= 0.3 is 5.69 Å². The van der Waals surface area contributed by atoms with Crippen LogP contribution in [0.5, 0.6) is 0 Å². The lowest BCUT2D eigenvalue weighted by atomic mass is 10.2. The maximum Gasteiger partial charge on any atom is 0.384 e. The molecule has 3 rings (SSSR count). The Morgan fingerprint density at radius 2 is 2.12 bits per heavy atom. The van der Waals surface area contributed by atoms with Gasteiger partial charge in [0.25, 0.3) is 0 Å². The van der Waals surface area contributed by atoms with Gasteiger partial charge in [-0.1, -0.05) is 35.8 Å². The summed E-state index contributed by atoms with van der Waals surface area (Å²) in [5.74, 6) is 0.737. The van der Waals surface area contributed by atoms with Crippen LogP contribution in [-0.2, 0) is 0 Å². The first kappa shape index (κ1) is 16.4. The summed E-state index contributed by atoms with van der Waals surface area (Å²) in [7, 11) is 0. The molecule has 0 spiro atoms. The summed E-state index contributed by atoms with van der Waals surface area (Å²) in [6.45, 7) is 4.43. The highest BCUT2D eigenvalue weighted by molar-refractivity contribution is 9.10. The van der Waals surface area contributed by atoms with Crippen molar-refractivity contribution in [3.8, 4) is 0 Å². The van der Waals surface area contributed by atoms with Crippen molar-refractivity contribution in [1.82, 2.24) is 14.7 Å². The molecule has 1 aromatic carbocycles. The van der Waals surface area contributed by atoms with Gasteiger partial charge < -0.3 is 10.2 Å². The first-order valence-electron chi connectivity index (χ1n) is 7.58. The molecule has 7 heteroatoms. The third-order valence-corrected chi connectivity index (χ3v) is 3.73. The number of halogens is 1. The van der Waals surface area contributed by atoms with Crippen molar-refractivity contribution in [1.29, 1.82) is 0 Å². The van der Waals surface area contributed by atoms with Gasteiger partial charge in [-0.05, 0) is 36.2 Å². The van der Waals surface area contributed by atoms with Crippen molar-refractivity contribution in [2.75, 3.05) is 11.9 Å². The average molecular weight is 389 g/mol. The molecule has 0 aliphatic rings. The maximum absolute atomic E-state index is 12.4. The smallest absolute Gasteiger partial charge is 0.384 e. The van der Waals surface area contributed by atoms with E-state index in [0.29, 0.717) is 23.5 Å². The normalized spacial score (nSPS) is 11.0. The lowest BCUT2D eigenvalue weighted by Gasteiger charge is -2.14. The van der Waals surface area contributed by atoms with Gasteiger partial charge in [0, 0.05) is 16.4 Å². The molecule has 0 fully saturated rings. The van der Waals surface area contributed by atoms with Crippen LogP contribution in [0.15, 0.2) is 51.9 Å². The molecule has 2 aromatic heterocycles. The lowest BCUT2D eigenvalue weighted by Crippen LogP contribution is -2.32. The lowest BCUT2D eigenvalue weighted by molar-refractivity contribution is 0.0869. The summed E-state index contributed by atoms with van der Waals surface area (Å²) in [6.07, 6.45) is 1.62. The van der Waals surface area contributed by atoms with Gasteiger partial charge in [-0.15, -0.1) is 4.73 Å². The molecule has 0 saturated carbocycles. The van der Waals surface area contributed by atoms with Gasteiger partial charge in [0.15, 0.2) is 5.65 Å². The Morgan fingerprint density at radius 3 is 2.88 bits per heavy atom. The average Bonchev–Trinajstić information content (AvgIpc) is 2.54. The molecule has 0 bridgehead atoms. The number of nitrogens with one attached hydrogen (secondary N) is 1. The van der Waals surface area contributed by atoms with Crippen LogP contribution < -0.4 is 15.8 Å². The molecule has 24 heavy (non-hydrogen) atoms. The van der Waals surface area contributed by atoms with E-state index in [1.807, 2.05) is 44.2 Å². The van der Waals surface area contributed by atoms with E-state index in [2.05, 4.69) is 31.2 Å². The van der Waals surface area contributed by atoms with Crippen LogP contribution in [-0.4, -0.2) is 21.3 Å². The van der Waals surface area contributed by atoms with Crippen molar-refractivity contribution in [3.05, 3.63) is 57.6 Å². The summed E-state index contributed by atoms with van der Waals surface area (Å²) >= 11 is 3.43. The quantitative estimate of drug-likeness (QED) is 0.725. The first-order valence-corrected chi connectivity index (χ1v) is 8.37. The molecular weight excluding hydrogens is 372 g/mol. The molecule has 124 valence electrons. The third kappa shape index (κ3) is 3.56.